The molecule has 0 bridgehead atoms. The van der Waals surface area contributed by atoms with E-state index in [-0.39, 0.29) is 18.4 Å². The fourth-order valence-electron chi connectivity index (χ4n) is 3.13. The molecular weight excluding hydrogens is 328 g/mol. The molecule has 26 heavy (non-hydrogen) atoms. The third-order valence-corrected chi connectivity index (χ3v) is 4.48. The van der Waals surface area contributed by atoms with E-state index in [4.69, 9.17) is 4.74 Å². The van der Waals surface area contributed by atoms with Crippen molar-refractivity contribution < 1.29 is 14.3 Å². The lowest BCUT2D eigenvalue weighted by Gasteiger charge is -2.16. The molecule has 2 amide bonds. The number of nitrogens with zero attached hydrogens (tertiary/aromatic N) is 1. The van der Waals surface area contributed by atoms with E-state index in [9.17, 15) is 9.59 Å². The van der Waals surface area contributed by atoms with Crippen molar-refractivity contribution in [3.8, 4) is 5.75 Å². The maximum atomic E-state index is 12.4. The lowest BCUT2D eigenvalue weighted by Crippen LogP contribution is -2.27. The monoisotopic (exact) mass is 352 g/mol. The Bertz CT molecular complexity index is 811. The highest BCUT2D eigenvalue weighted by molar-refractivity contribution is 5.97. The third-order valence-electron chi connectivity index (χ3n) is 4.48. The van der Waals surface area contributed by atoms with E-state index in [1.54, 1.807) is 24.3 Å². The van der Waals surface area contributed by atoms with Gasteiger partial charge < -0.3 is 15.0 Å². The Morgan fingerprint density at radius 1 is 1.08 bits per heavy atom. The Balaban J connectivity index is 1.58. The van der Waals surface area contributed by atoms with Gasteiger partial charge in [0.1, 0.15) is 5.75 Å². The number of rotatable bonds is 5. The van der Waals surface area contributed by atoms with Crippen LogP contribution in [0.5, 0.6) is 5.75 Å². The summed E-state index contributed by atoms with van der Waals surface area (Å²) in [5.41, 5.74) is 3.35. The number of likely N-dealkylation sites (tertiary alicyclic amines) is 1. The van der Waals surface area contributed by atoms with Crippen LogP contribution in [0.15, 0.2) is 42.5 Å². The van der Waals surface area contributed by atoms with E-state index in [0.717, 1.165) is 37.1 Å². The van der Waals surface area contributed by atoms with Crippen molar-refractivity contribution in [3.63, 3.8) is 0 Å². The van der Waals surface area contributed by atoms with Crippen molar-refractivity contribution >= 4 is 17.5 Å². The first-order valence-electron chi connectivity index (χ1n) is 8.92. The first-order valence-corrected chi connectivity index (χ1v) is 8.92. The number of hydrogen-bond donors (Lipinski definition) is 1. The molecule has 1 aliphatic heterocycles. The van der Waals surface area contributed by atoms with Crippen molar-refractivity contribution in [1.29, 1.82) is 0 Å². The fourth-order valence-corrected chi connectivity index (χ4v) is 3.13. The fraction of sp³-hybridized carbons (Fsp3) is 0.333. The molecule has 2 aromatic rings. The van der Waals surface area contributed by atoms with Crippen LogP contribution in [0.25, 0.3) is 0 Å². The second kappa shape index (κ2) is 8.04. The Kier molecular flexibility index (Phi) is 5.56. The minimum absolute atomic E-state index is 0.0186. The molecule has 1 aliphatic rings. The molecule has 0 aliphatic carbocycles. The van der Waals surface area contributed by atoms with Crippen LogP contribution in [0, 0.1) is 13.8 Å². The zero-order valence-electron chi connectivity index (χ0n) is 15.2. The maximum Gasteiger partial charge on any atom is 0.262 e. The Hall–Kier alpha value is -2.82. The van der Waals surface area contributed by atoms with Gasteiger partial charge in [-0.25, -0.2) is 0 Å². The van der Waals surface area contributed by atoms with Gasteiger partial charge in [-0.3, -0.25) is 9.59 Å². The van der Waals surface area contributed by atoms with Crippen LogP contribution >= 0.6 is 0 Å². The van der Waals surface area contributed by atoms with Gasteiger partial charge in [0.25, 0.3) is 11.8 Å². The van der Waals surface area contributed by atoms with Crippen molar-refractivity contribution in [1.82, 2.24) is 4.90 Å². The van der Waals surface area contributed by atoms with E-state index < -0.39 is 0 Å². The average molecular weight is 352 g/mol. The van der Waals surface area contributed by atoms with Gasteiger partial charge in [-0.15, -0.1) is 0 Å². The minimum Gasteiger partial charge on any atom is -0.483 e. The molecule has 136 valence electrons. The van der Waals surface area contributed by atoms with Crippen LogP contribution in [-0.4, -0.2) is 36.4 Å². The first kappa shape index (κ1) is 18.0. The summed E-state index contributed by atoms with van der Waals surface area (Å²) in [7, 11) is 0. The van der Waals surface area contributed by atoms with E-state index in [0.29, 0.717) is 17.0 Å². The normalized spacial score (nSPS) is 13.5. The van der Waals surface area contributed by atoms with Gasteiger partial charge in [0.2, 0.25) is 0 Å². The molecule has 0 unspecified atom stereocenters. The predicted molar refractivity (Wildman–Crippen MR) is 102 cm³/mol. The molecule has 1 saturated heterocycles. The van der Waals surface area contributed by atoms with Crippen molar-refractivity contribution in [2.45, 2.75) is 26.7 Å². The number of anilines is 1. The molecule has 2 aromatic carbocycles. The van der Waals surface area contributed by atoms with Crippen molar-refractivity contribution in [3.05, 3.63) is 59.2 Å². The summed E-state index contributed by atoms with van der Waals surface area (Å²) in [5.74, 6) is 0.463. The summed E-state index contributed by atoms with van der Waals surface area (Å²) >= 11 is 0. The molecule has 1 heterocycles. The number of carbonyl (C=O) groups excluding carboxylic acids is 2. The van der Waals surface area contributed by atoms with Crippen molar-refractivity contribution in [2.24, 2.45) is 0 Å². The second-order valence-corrected chi connectivity index (χ2v) is 6.69. The van der Waals surface area contributed by atoms with Gasteiger partial charge in [-0.1, -0.05) is 23.8 Å². The van der Waals surface area contributed by atoms with Crippen LogP contribution in [0.2, 0.25) is 0 Å². The number of amides is 2. The third kappa shape index (κ3) is 4.42. The summed E-state index contributed by atoms with van der Waals surface area (Å²) in [4.78, 5) is 26.5. The van der Waals surface area contributed by atoms with Crippen molar-refractivity contribution in [2.75, 3.05) is 25.0 Å². The number of carbonyl (C=O) groups is 2. The summed E-state index contributed by atoms with van der Waals surface area (Å²) in [6.45, 7) is 5.50. The zero-order valence-corrected chi connectivity index (χ0v) is 15.2. The number of benzene rings is 2. The summed E-state index contributed by atoms with van der Waals surface area (Å²) in [6, 6.07) is 12.9. The molecule has 1 N–H and O–H groups in total. The number of aryl methyl sites for hydroxylation is 2. The van der Waals surface area contributed by atoms with Crippen LogP contribution in [0.1, 0.15) is 34.3 Å². The van der Waals surface area contributed by atoms with Gasteiger partial charge in [0.15, 0.2) is 6.61 Å². The highest BCUT2D eigenvalue weighted by Crippen LogP contribution is 2.19. The standard InChI is InChI=1S/C21H24N2O3/c1-15-8-9-19(16(2)12-15)26-14-20(24)22-18-7-5-6-17(13-18)21(25)23-10-3-4-11-23/h5-9,12-13H,3-4,10-11,14H2,1-2H3,(H,22,24). The predicted octanol–water partition coefficient (Wildman–Crippen LogP) is 3.56. The zero-order chi connectivity index (χ0) is 18.5. The topological polar surface area (TPSA) is 58.6 Å². The number of ether oxygens (including phenoxy) is 1. The highest BCUT2D eigenvalue weighted by atomic mass is 16.5. The van der Waals surface area contributed by atoms with Gasteiger partial charge >= 0.3 is 0 Å². The number of nitrogens with one attached hydrogen (secondary N) is 1. The first-order chi connectivity index (χ1) is 12.5. The van der Waals surface area contributed by atoms with Crippen LogP contribution in [0.4, 0.5) is 5.69 Å². The van der Waals surface area contributed by atoms with E-state index in [1.165, 1.54) is 0 Å². The second-order valence-electron chi connectivity index (χ2n) is 6.69. The Morgan fingerprint density at radius 2 is 1.85 bits per heavy atom. The molecule has 5 heteroatoms. The minimum atomic E-state index is -0.254. The summed E-state index contributed by atoms with van der Waals surface area (Å²) < 4.78 is 5.60. The van der Waals surface area contributed by atoms with Gasteiger partial charge in [0.05, 0.1) is 0 Å². The average Bonchev–Trinajstić information content (AvgIpc) is 3.15. The molecule has 1 fully saturated rings. The molecule has 0 atom stereocenters. The highest BCUT2D eigenvalue weighted by Gasteiger charge is 2.19. The Labute approximate surface area is 154 Å². The largest absolute Gasteiger partial charge is 0.483 e. The molecule has 5 nitrogen and oxygen atoms in total. The van der Waals surface area contributed by atoms with E-state index in [1.807, 2.05) is 36.9 Å². The molecule has 0 aromatic heterocycles. The molecule has 0 spiro atoms. The lowest BCUT2D eigenvalue weighted by molar-refractivity contribution is -0.118. The van der Waals surface area contributed by atoms with E-state index in [2.05, 4.69) is 5.32 Å². The maximum absolute atomic E-state index is 12.4. The summed E-state index contributed by atoms with van der Waals surface area (Å²) in [5, 5.41) is 2.79. The quantitative estimate of drug-likeness (QED) is 0.895. The lowest BCUT2D eigenvalue weighted by atomic mass is 10.1. The molecule has 0 radical (unpaired) electrons. The van der Waals surface area contributed by atoms with E-state index >= 15 is 0 Å². The van der Waals surface area contributed by atoms with Crippen LogP contribution < -0.4 is 10.1 Å². The van der Waals surface area contributed by atoms with Crippen LogP contribution in [0.3, 0.4) is 0 Å². The smallest absolute Gasteiger partial charge is 0.262 e. The SMILES string of the molecule is Cc1ccc(OCC(=O)Nc2cccc(C(=O)N3CCCC3)c2)c(C)c1. The molecule has 0 saturated carbocycles. The van der Waals surface area contributed by atoms with Crippen LogP contribution in [-0.2, 0) is 4.79 Å². The van der Waals surface area contributed by atoms with Gasteiger partial charge in [-0.2, -0.15) is 0 Å². The molecule has 3 rings (SSSR count). The van der Waals surface area contributed by atoms with Gasteiger partial charge in [0, 0.05) is 24.3 Å². The summed E-state index contributed by atoms with van der Waals surface area (Å²) in [6.07, 6.45) is 2.11. The number of hydrogen-bond acceptors (Lipinski definition) is 3. The Morgan fingerprint density at radius 3 is 2.58 bits per heavy atom. The molecular formula is C21H24N2O3. The van der Waals surface area contributed by atoms with Gasteiger partial charge in [-0.05, 0) is 56.5 Å².